The predicted octanol–water partition coefficient (Wildman–Crippen LogP) is 1.70. The first-order valence-corrected chi connectivity index (χ1v) is 5.38. The van der Waals surface area contributed by atoms with Crippen LogP contribution < -0.4 is 5.32 Å². The average Bonchev–Trinajstić information content (AvgIpc) is 2.28. The van der Waals surface area contributed by atoms with Gasteiger partial charge in [0.1, 0.15) is 0 Å². The molecule has 0 aliphatic rings. The highest BCUT2D eigenvalue weighted by Gasteiger charge is 2.11. The number of carboxylic acids is 1. The van der Waals surface area contributed by atoms with Gasteiger partial charge in [0.25, 0.3) is 0 Å². The summed E-state index contributed by atoms with van der Waals surface area (Å²) in [5.41, 5.74) is 0.519. The van der Waals surface area contributed by atoms with E-state index in [-0.39, 0.29) is 11.6 Å². The molecule has 0 amide bonds. The monoisotopic (exact) mass is 233 g/mol. The average molecular weight is 233 g/mol. The second kappa shape index (κ2) is 5.85. The Morgan fingerprint density at radius 2 is 2.41 bits per heavy atom. The van der Waals surface area contributed by atoms with Crippen molar-refractivity contribution in [1.82, 2.24) is 9.97 Å². The molecule has 0 radical (unpaired) electrons. The quantitative estimate of drug-likeness (QED) is 0.757. The van der Waals surface area contributed by atoms with Gasteiger partial charge in [-0.2, -0.15) is 0 Å². The van der Waals surface area contributed by atoms with E-state index in [1.807, 2.05) is 6.92 Å². The Balaban J connectivity index is 2.84. The van der Waals surface area contributed by atoms with Gasteiger partial charge in [-0.05, 0) is 13.3 Å². The highest BCUT2D eigenvalue weighted by atomic mass is 16.4. The lowest BCUT2D eigenvalue weighted by molar-refractivity contribution is 0.0695. The molecule has 0 aromatic carbocycles. The number of aryl methyl sites for hydroxylation is 1. The maximum absolute atomic E-state index is 10.8. The van der Waals surface area contributed by atoms with E-state index in [0.717, 1.165) is 12.8 Å². The molecule has 0 fully saturated rings. The van der Waals surface area contributed by atoms with E-state index in [2.05, 4.69) is 21.2 Å². The highest BCUT2D eigenvalue weighted by Crippen LogP contribution is 2.09. The van der Waals surface area contributed by atoms with Gasteiger partial charge in [0.05, 0.1) is 17.3 Å². The number of carbonyl (C=O) groups is 1. The standard InChI is InChI=1S/C12H15N3O2/c1-4-6-9(5-2)15-12-13-7-10(11(16)17)8(3)14-12/h2,7,9H,4,6H2,1,3H3,(H,16,17)(H,13,14,15). The lowest BCUT2D eigenvalue weighted by atomic mass is 10.2. The number of carboxylic acid groups (broad SMARTS) is 1. The first kappa shape index (κ1) is 13.0. The maximum Gasteiger partial charge on any atom is 0.339 e. The van der Waals surface area contributed by atoms with E-state index in [1.54, 1.807) is 6.92 Å². The Labute approximate surface area is 100 Å². The Bertz CT molecular complexity index is 452. The molecule has 90 valence electrons. The summed E-state index contributed by atoms with van der Waals surface area (Å²) in [5.74, 6) is 1.93. The van der Waals surface area contributed by atoms with Crippen molar-refractivity contribution < 1.29 is 9.90 Å². The molecule has 0 aliphatic carbocycles. The van der Waals surface area contributed by atoms with Crippen molar-refractivity contribution in [2.45, 2.75) is 32.7 Å². The number of terminal acetylenes is 1. The molecule has 17 heavy (non-hydrogen) atoms. The van der Waals surface area contributed by atoms with Crippen LogP contribution in [0.3, 0.4) is 0 Å². The minimum Gasteiger partial charge on any atom is -0.478 e. The highest BCUT2D eigenvalue weighted by molar-refractivity contribution is 5.88. The molecule has 5 heteroatoms. The van der Waals surface area contributed by atoms with Crippen LogP contribution in [0.25, 0.3) is 0 Å². The minimum atomic E-state index is -1.03. The van der Waals surface area contributed by atoms with Gasteiger partial charge in [0.15, 0.2) is 0 Å². The first-order valence-electron chi connectivity index (χ1n) is 5.38. The fourth-order valence-corrected chi connectivity index (χ4v) is 1.39. The third kappa shape index (κ3) is 3.45. The van der Waals surface area contributed by atoms with Crippen LogP contribution in [0.2, 0.25) is 0 Å². The van der Waals surface area contributed by atoms with Crippen molar-refractivity contribution in [2.75, 3.05) is 5.32 Å². The molecule has 1 heterocycles. The number of hydrogen-bond acceptors (Lipinski definition) is 4. The normalized spacial score (nSPS) is 11.6. The second-order valence-corrected chi connectivity index (χ2v) is 3.65. The van der Waals surface area contributed by atoms with Crippen molar-refractivity contribution in [3.63, 3.8) is 0 Å². The molecular weight excluding hydrogens is 218 g/mol. The van der Waals surface area contributed by atoms with Gasteiger partial charge in [-0.15, -0.1) is 6.42 Å². The summed E-state index contributed by atoms with van der Waals surface area (Å²) in [5, 5.41) is 11.8. The van der Waals surface area contributed by atoms with E-state index in [9.17, 15) is 4.79 Å². The van der Waals surface area contributed by atoms with Crippen LogP contribution in [0.1, 0.15) is 35.8 Å². The summed E-state index contributed by atoms with van der Waals surface area (Å²) >= 11 is 0. The summed E-state index contributed by atoms with van der Waals surface area (Å²) in [6, 6.07) is -0.130. The summed E-state index contributed by atoms with van der Waals surface area (Å²) in [7, 11) is 0. The number of nitrogens with zero attached hydrogens (tertiary/aromatic N) is 2. The van der Waals surface area contributed by atoms with Gasteiger partial charge < -0.3 is 10.4 Å². The van der Waals surface area contributed by atoms with Crippen molar-refractivity contribution in [1.29, 1.82) is 0 Å². The number of hydrogen-bond donors (Lipinski definition) is 2. The molecule has 1 aromatic rings. The summed E-state index contributed by atoms with van der Waals surface area (Å²) in [4.78, 5) is 18.8. The Morgan fingerprint density at radius 1 is 1.71 bits per heavy atom. The molecule has 1 unspecified atom stereocenters. The topological polar surface area (TPSA) is 75.1 Å². The van der Waals surface area contributed by atoms with E-state index in [0.29, 0.717) is 11.6 Å². The Hall–Kier alpha value is -2.09. The fourth-order valence-electron chi connectivity index (χ4n) is 1.39. The Kier molecular flexibility index (Phi) is 4.46. The van der Waals surface area contributed by atoms with Crippen molar-refractivity contribution in [2.24, 2.45) is 0 Å². The smallest absolute Gasteiger partial charge is 0.339 e. The molecule has 5 nitrogen and oxygen atoms in total. The van der Waals surface area contributed by atoms with Gasteiger partial charge in [-0.1, -0.05) is 19.3 Å². The minimum absolute atomic E-state index is 0.100. The van der Waals surface area contributed by atoms with Crippen molar-refractivity contribution in [3.05, 3.63) is 17.5 Å². The van der Waals surface area contributed by atoms with Crippen LogP contribution in [0.15, 0.2) is 6.20 Å². The summed E-state index contributed by atoms with van der Waals surface area (Å²) in [6.45, 7) is 3.66. The van der Waals surface area contributed by atoms with Crippen LogP contribution in [-0.4, -0.2) is 27.1 Å². The molecule has 1 atom stereocenters. The zero-order chi connectivity index (χ0) is 12.8. The number of nitrogens with one attached hydrogen (secondary N) is 1. The third-order valence-electron chi connectivity index (χ3n) is 2.29. The van der Waals surface area contributed by atoms with Crippen LogP contribution >= 0.6 is 0 Å². The van der Waals surface area contributed by atoms with E-state index < -0.39 is 5.97 Å². The summed E-state index contributed by atoms with van der Waals surface area (Å²) in [6.07, 6.45) is 8.42. The number of rotatable bonds is 5. The lowest BCUT2D eigenvalue weighted by Crippen LogP contribution is -2.19. The van der Waals surface area contributed by atoms with Crippen LogP contribution in [0.4, 0.5) is 5.95 Å². The van der Waals surface area contributed by atoms with Gasteiger partial charge >= 0.3 is 5.97 Å². The SMILES string of the molecule is C#CC(CCC)Nc1ncc(C(=O)O)c(C)n1. The molecule has 2 N–H and O–H groups in total. The molecule has 1 aromatic heterocycles. The van der Waals surface area contributed by atoms with E-state index in [1.165, 1.54) is 6.20 Å². The van der Waals surface area contributed by atoms with Crippen molar-refractivity contribution >= 4 is 11.9 Å². The van der Waals surface area contributed by atoms with Crippen LogP contribution in [0.5, 0.6) is 0 Å². The van der Waals surface area contributed by atoms with Crippen LogP contribution in [0, 0.1) is 19.3 Å². The van der Waals surface area contributed by atoms with Gasteiger partial charge in [0.2, 0.25) is 5.95 Å². The molecule has 0 bridgehead atoms. The molecule has 0 saturated heterocycles. The van der Waals surface area contributed by atoms with Gasteiger partial charge in [-0.3, -0.25) is 0 Å². The predicted molar refractivity (Wildman–Crippen MR) is 64.9 cm³/mol. The Morgan fingerprint density at radius 3 is 2.88 bits per heavy atom. The summed E-state index contributed by atoms with van der Waals surface area (Å²) < 4.78 is 0. The lowest BCUT2D eigenvalue weighted by Gasteiger charge is -2.12. The van der Waals surface area contributed by atoms with Gasteiger partial charge in [-0.25, -0.2) is 14.8 Å². The van der Waals surface area contributed by atoms with E-state index in [4.69, 9.17) is 11.5 Å². The zero-order valence-electron chi connectivity index (χ0n) is 9.90. The number of aromatic carboxylic acids is 1. The number of aromatic nitrogens is 2. The molecule has 1 rings (SSSR count). The van der Waals surface area contributed by atoms with E-state index >= 15 is 0 Å². The van der Waals surface area contributed by atoms with Crippen molar-refractivity contribution in [3.8, 4) is 12.3 Å². The fraction of sp³-hybridized carbons (Fsp3) is 0.417. The van der Waals surface area contributed by atoms with Gasteiger partial charge in [0, 0.05) is 6.20 Å². The second-order valence-electron chi connectivity index (χ2n) is 3.65. The third-order valence-corrected chi connectivity index (χ3v) is 2.29. The van der Waals surface area contributed by atoms with Crippen LogP contribution in [-0.2, 0) is 0 Å². The largest absolute Gasteiger partial charge is 0.478 e. The zero-order valence-corrected chi connectivity index (χ0v) is 9.90. The molecule has 0 saturated carbocycles. The number of anilines is 1. The molecule has 0 spiro atoms. The molecular formula is C12H15N3O2. The first-order chi connectivity index (χ1) is 8.08. The maximum atomic E-state index is 10.8. The molecule has 0 aliphatic heterocycles.